The smallest absolute Gasteiger partial charge is 0.273 e. The van der Waals surface area contributed by atoms with Gasteiger partial charge in [0.15, 0.2) is 0 Å². The van der Waals surface area contributed by atoms with Crippen LogP contribution in [0.2, 0.25) is 0 Å². The fourth-order valence-electron chi connectivity index (χ4n) is 1.41. The molecule has 1 aromatic carbocycles. The topological polar surface area (TPSA) is 86.2 Å². The van der Waals surface area contributed by atoms with Gasteiger partial charge in [-0.05, 0) is 19.4 Å². The maximum atomic E-state index is 11.0. The predicted octanol–water partition coefficient (Wildman–Crippen LogP) is 1.31. The molecular weight excluding hydrogens is 184 g/mol. The van der Waals surface area contributed by atoms with Crippen molar-refractivity contribution < 1.29 is 9.72 Å². The molecule has 1 rings (SSSR count). The highest BCUT2D eigenvalue weighted by Crippen LogP contribution is 2.23. The lowest BCUT2D eigenvalue weighted by molar-refractivity contribution is -0.385. The fraction of sp³-hybridized carbons (Fsp3) is 0.222. The number of benzene rings is 1. The summed E-state index contributed by atoms with van der Waals surface area (Å²) < 4.78 is 0. The average molecular weight is 194 g/mol. The summed E-state index contributed by atoms with van der Waals surface area (Å²) in [4.78, 5) is 21.1. The van der Waals surface area contributed by atoms with E-state index in [1.807, 2.05) is 0 Å². The molecule has 0 radical (unpaired) electrons. The zero-order chi connectivity index (χ0) is 10.9. The van der Waals surface area contributed by atoms with E-state index in [1.54, 1.807) is 6.92 Å². The maximum Gasteiger partial charge on any atom is 0.273 e. The van der Waals surface area contributed by atoms with Crippen LogP contribution in [0.25, 0.3) is 0 Å². The lowest BCUT2D eigenvalue weighted by atomic mass is 10.0. The number of hydrogen-bond donors (Lipinski definition) is 1. The van der Waals surface area contributed by atoms with Gasteiger partial charge in [0.2, 0.25) is 5.91 Å². The van der Waals surface area contributed by atoms with E-state index in [-0.39, 0.29) is 11.3 Å². The first kappa shape index (κ1) is 10.2. The predicted molar refractivity (Wildman–Crippen MR) is 51.1 cm³/mol. The molecule has 5 nitrogen and oxygen atoms in total. The monoisotopic (exact) mass is 194 g/mol. The second-order valence-corrected chi connectivity index (χ2v) is 3.02. The first-order valence-corrected chi connectivity index (χ1v) is 3.99. The van der Waals surface area contributed by atoms with Crippen LogP contribution in [-0.4, -0.2) is 10.8 Å². The minimum atomic E-state index is -0.635. The number of primary amides is 1. The van der Waals surface area contributed by atoms with Crippen LogP contribution in [0.15, 0.2) is 12.1 Å². The summed E-state index contributed by atoms with van der Waals surface area (Å²) >= 11 is 0. The molecule has 14 heavy (non-hydrogen) atoms. The number of amides is 1. The van der Waals surface area contributed by atoms with Crippen LogP contribution < -0.4 is 5.73 Å². The number of nitro benzene ring substituents is 1. The van der Waals surface area contributed by atoms with Gasteiger partial charge in [-0.3, -0.25) is 14.9 Å². The Bertz CT molecular complexity index is 413. The molecule has 0 aliphatic rings. The minimum Gasteiger partial charge on any atom is -0.366 e. The van der Waals surface area contributed by atoms with Crippen LogP contribution in [-0.2, 0) is 0 Å². The molecule has 0 spiro atoms. The lowest BCUT2D eigenvalue weighted by Crippen LogP contribution is -2.15. The molecule has 0 heterocycles. The minimum absolute atomic E-state index is 0.0793. The van der Waals surface area contributed by atoms with Crippen molar-refractivity contribution in [3.63, 3.8) is 0 Å². The molecule has 5 heteroatoms. The normalized spacial score (nSPS) is 9.86. The van der Waals surface area contributed by atoms with Crippen LogP contribution in [0.3, 0.4) is 0 Å². The summed E-state index contributed by atoms with van der Waals surface area (Å²) in [7, 11) is 0. The van der Waals surface area contributed by atoms with E-state index in [1.165, 1.54) is 19.1 Å². The molecule has 0 bridgehead atoms. The van der Waals surface area contributed by atoms with Gasteiger partial charge in [-0.1, -0.05) is 6.07 Å². The quantitative estimate of drug-likeness (QED) is 0.568. The number of carbonyl (C=O) groups excluding carboxylic acids is 1. The van der Waals surface area contributed by atoms with E-state index < -0.39 is 10.8 Å². The molecule has 0 saturated heterocycles. The average Bonchev–Trinajstić information content (AvgIpc) is 2.02. The van der Waals surface area contributed by atoms with E-state index in [0.717, 1.165) is 0 Å². The summed E-state index contributed by atoms with van der Waals surface area (Å²) in [5.41, 5.74) is 6.25. The van der Waals surface area contributed by atoms with Crippen molar-refractivity contribution in [1.29, 1.82) is 0 Å². The zero-order valence-corrected chi connectivity index (χ0v) is 7.90. The first-order chi connectivity index (χ1) is 6.45. The van der Waals surface area contributed by atoms with Crippen LogP contribution >= 0.6 is 0 Å². The SMILES string of the molecule is Cc1ccc([N+](=O)[O-])c(C)c1C(N)=O. The second kappa shape index (κ2) is 3.45. The van der Waals surface area contributed by atoms with E-state index in [0.29, 0.717) is 11.1 Å². The van der Waals surface area contributed by atoms with Crippen molar-refractivity contribution in [2.24, 2.45) is 5.73 Å². The molecule has 1 aromatic rings. The third-order valence-electron chi connectivity index (χ3n) is 2.09. The van der Waals surface area contributed by atoms with Crippen LogP contribution in [0.5, 0.6) is 0 Å². The number of aryl methyl sites for hydroxylation is 1. The molecule has 0 unspecified atom stereocenters. The van der Waals surface area contributed by atoms with Gasteiger partial charge in [0, 0.05) is 11.6 Å². The molecule has 74 valence electrons. The van der Waals surface area contributed by atoms with Crippen molar-refractivity contribution in [1.82, 2.24) is 0 Å². The van der Waals surface area contributed by atoms with Gasteiger partial charge in [-0.15, -0.1) is 0 Å². The summed E-state index contributed by atoms with van der Waals surface area (Å²) in [5, 5.41) is 10.6. The molecular formula is C9H10N2O3. The highest BCUT2D eigenvalue weighted by Gasteiger charge is 2.18. The van der Waals surface area contributed by atoms with Crippen molar-refractivity contribution in [2.75, 3.05) is 0 Å². The number of nitro groups is 1. The summed E-state index contributed by atoms with van der Waals surface area (Å²) in [6.07, 6.45) is 0. The highest BCUT2D eigenvalue weighted by atomic mass is 16.6. The first-order valence-electron chi connectivity index (χ1n) is 3.99. The van der Waals surface area contributed by atoms with E-state index in [4.69, 9.17) is 5.73 Å². The molecule has 0 aromatic heterocycles. The molecule has 0 fully saturated rings. The van der Waals surface area contributed by atoms with Gasteiger partial charge in [-0.25, -0.2) is 0 Å². The Morgan fingerprint density at radius 3 is 2.43 bits per heavy atom. The number of nitrogens with two attached hydrogens (primary N) is 1. The highest BCUT2D eigenvalue weighted by molar-refractivity contribution is 5.96. The maximum absolute atomic E-state index is 11.0. The molecule has 1 amide bonds. The number of nitrogens with zero attached hydrogens (tertiary/aromatic N) is 1. The van der Waals surface area contributed by atoms with E-state index in [2.05, 4.69) is 0 Å². The number of rotatable bonds is 2. The van der Waals surface area contributed by atoms with Crippen LogP contribution in [0, 0.1) is 24.0 Å². The summed E-state index contributed by atoms with van der Waals surface area (Å²) in [5.74, 6) is -0.635. The number of carbonyl (C=O) groups is 1. The fourth-order valence-corrected chi connectivity index (χ4v) is 1.41. The molecule has 0 aliphatic carbocycles. The number of hydrogen-bond acceptors (Lipinski definition) is 3. The Morgan fingerprint density at radius 1 is 1.43 bits per heavy atom. The van der Waals surface area contributed by atoms with Gasteiger partial charge < -0.3 is 5.73 Å². The van der Waals surface area contributed by atoms with Crippen LogP contribution in [0.4, 0.5) is 5.69 Å². The van der Waals surface area contributed by atoms with Crippen molar-refractivity contribution in [3.8, 4) is 0 Å². The van der Waals surface area contributed by atoms with Crippen LogP contribution in [0.1, 0.15) is 21.5 Å². The van der Waals surface area contributed by atoms with Crippen molar-refractivity contribution in [2.45, 2.75) is 13.8 Å². The second-order valence-electron chi connectivity index (χ2n) is 3.02. The molecule has 0 saturated carbocycles. The van der Waals surface area contributed by atoms with Gasteiger partial charge in [-0.2, -0.15) is 0 Å². The van der Waals surface area contributed by atoms with Gasteiger partial charge in [0.25, 0.3) is 5.69 Å². The Balaban J connectivity index is 3.49. The van der Waals surface area contributed by atoms with Gasteiger partial charge in [0.1, 0.15) is 0 Å². The Hall–Kier alpha value is -1.91. The largest absolute Gasteiger partial charge is 0.366 e. The molecule has 0 aliphatic heterocycles. The van der Waals surface area contributed by atoms with Gasteiger partial charge >= 0.3 is 0 Å². The van der Waals surface area contributed by atoms with E-state index >= 15 is 0 Å². The van der Waals surface area contributed by atoms with Gasteiger partial charge in [0.05, 0.1) is 10.5 Å². The van der Waals surface area contributed by atoms with Crippen molar-refractivity contribution >= 4 is 11.6 Å². The third-order valence-corrected chi connectivity index (χ3v) is 2.09. The molecule has 2 N–H and O–H groups in total. The summed E-state index contributed by atoms with van der Waals surface area (Å²) in [6.45, 7) is 3.21. The van der Waals surface area contributed by atoms with Crippen molar-refractivity contribution in [3.05, 3.63) is 38.9 Å². The Morgan fingerprint density at radius 2 is 2.00 bits per heavy atom. The summed E-state index contributed by atoms with van der Waals surface area (Å²) in [6, 6.07) is 2.89. The Labute approximate surface area is 80.7 Å². The standard InChI is InChI=1S/C9H10N2O3/c1-5-3-4-7(11(13)14)6(2)8(5)9(10)12/h3-4H,1-2H3,(H2,10,12). The molecule has 0 atom stereocenters. The Kier molecular flexibility index (Phi) is 2.51. The third kappa shape index (κ3) is 1.56. The zero-order valence-electron chi connectivity index (χ0n) is 7.90. The van der Waals surface area contributed by atoms with E-state index in [9.17, 15) is 14.9 Å². The lowest BCUT2D eigenvalue weighted by Gasteiger charge is -2.05.